The zero-order valence-corrected chi connectivity index (χ0v) is 26.7. The van der Waals surface area contributed by atoms with Gasteiger partial charge in [0.05, 0.1) is 23.6 Å². The Morgan fingerprint density at radius 3 is 2.79 bits per heavy atom. The first-order valence-corrected chi connectivity index (χ1v) is 17.7. The molecule has 2 aromatic rings. The number of fused-ring (bicyclic) bond motifs is 4. The third-order valence-corrected chi connectivity index (χ3v) is 12.6. The van der Waals surface area contributed by atoms with Gasteiger partial charge in [-0.2, -0.15) is 0 Å². The maximum absolute atomic E-state index is 13.5. The lowest BCUT2D eigenvalue weighted by molar-refractivity contribution is 0.0455. The van der Waals surface area contributed by atoms with E-state index in [1.165, 1.54) is 11.1 Å². The van der Waals surface area contributed by atoms with Crippen molar-refractivity contribution in [2.24, 2.45) is 17.8 Å². The Labute approximate surface area is 260 Å². The van der Waals surface area contributed by atoms with Gasteiger partial charge in [0, 0.05) is 29.1 Å². The molecule has 2 bridgehead atoms. The van der Waals surface area contributed by atoms with E-state index < -0.39 is 27.3 Å². The van der Waals surface area contributed by atoms with Gasteiger partial charge in [-0.05, 0) is 104 Å². The number of carbonyl (C=O) groups is 1. The van der Waals surface area contributed by atoms with Crippen LogP contribution in [0.2, 0.25) is 5.02 Å². The Bertz CT molecular complexity index is 1510. The molecule has 2 heterocycles. The number of hydrogen-bond donors (Lipinski definition) is 2. The number of benzene rings is 2. The third-order valence-electron chi connectivity index (χ3n) is 10.4. The number of nitrogens with one attached hydrogen (secondary N) is 1. The molecule has 1 spiro atoms. The van der Waals surface area contributed by atoms with E-state index >= 15 is 0 Å². The zero-order chi connectivity index (χ0) is 30.4. The van der Waals surface area contributed by atoms with E-state index in [1.807, 2.05) is 32.1 Å². The number of aliphatic hydroxyl groups excluding tert-OH is 1. The predicted octanol–water partition coefficient (Wildman–Crippen LogP) is 6.02. The number of ether oxygens (including phenoxy) is 1. The Morgan fingerprint density at radius 2 is 2.02 bits per heavy atom. The molecule has 6 rings (SSSR count). The van der Waals surface area contributed by atoms with Crippen molar-refractivity contribution in [3.05, 3.63) is 70.3 Å². The van der Waals surface area contributed by atoms with E-state index in [1.54, 1.807) is 18.2 Å². The Balaban J connectivity index is 1.42. The maximum Gasteiger partial charge on any atom is 0.264 e. The van der Waals surface area contributed by atoms with E-state index in [0.717, 1.165) is 49.4 Å². The second-order valence-corrected chi connectivity index (χ2v) is 15.6. The van der Waals surface area contributed by atoms with Crippen molar-refractivity contribution in [2.75, 3.05) is 24.6 Å². The first kappa shape index (κ1) is 30.5. The van der Waals surface area contributed by atoms with Crippen LogP contribution in [0.1, 0.15) is 80.3 Å². The van der Waals surface area contributed by atoms with Crippen molar-refractivity contribution in [1.29, 1.82) is 0 Å². The second kappa shape index (κ2) is 12.1. The fourth-order valence-electron chi connectivity index (χ4n) is 7.83. The van der Waals surface area contributed by atoms with Crippen LogP contribution in [0.25, 0.3) is 0 Å². The number of sulfonamides is 1. The molecule has 2 N–H and O–H groups in total. The molecule has 232 valence electrons. The van der Waals surface area contributed by atoms with Crippen LogP contribution >= 0.6 is 11.6 Å². The molecule has 1 fully saturated rings. The van der Waals surface area contributed by atoms with Crippen molar-refractivity contribution in [2.45, 2.75) is 82.0 Å². The number of nitrogens with zero attached hydrogens (tertiary/aromatic N) is 1. The van der Waals surface area contributed by atoms with E-state index in [0.29, 0.717) is 43.7 Å². The Hall–Kier alpha value is -2.55. The van der Waals surface area contributed by atoms with Crippen molar-refractivity contribution in [3.63, 3.8) is 0 Å². The fourth-order valence-corrected chi connectivity index (χ4v) is 9.82. The Morgan fingerprint density at radius 1 is 1.19 bits per heavy atom. The van der Waals surface area contributed by atoms with Crippen LogP contribution in [0.15, 0.2) is 48.6 Å². The minimum Gasteiger partial charge on any atom is -0.490 e. The quantitative estimate of drug-likeness (QED) is 0.396. The van der Waals surface area contributed by atoms with Crippen molar-refractivity contribution >= 4 is 33.2 Å². The van der Waals surface area contributed by atoms with Gasteiger partial charge in [0.15, 0.2) is 0 Å². The smallest absolute Gasteiger partial charge is 0.264 e. The highest BCUT2D eigenvalue weighted by atomic mass is 35.5. The highest BCUT2D eigenvalue weighted by Crippen LogP contribution is 2.46. The summed E-state index contributed by atoms with van der Waals surface area (Å²) in [4.78, 5) is 15.8. The van der Waals surface area contributed by atoms with Crippen molar-refractivity contribution in [1.82, 2.24) is 4.72 Å². The molecule has 9 heteroatoms. The topological polar surface area (TPSA) is 95.9 Å². The molecule has 6 atom stereocenters. The van der Waals surface area contributed by atoms with Crippen LogP contribution in [0.5, 0.6) is 5.75 Å². The zero-order valence-electron chi connectivity index (χ0n) is 25.1. The summed E-state index contributed by atoms with van der Waals surface area (Å²) in [6, 6.07) is 11.4. The lowest BCUT2D eigenvalue weighted by atomic mass is 9.68. The monoisotopic (exact) mass is 626 g/mol. The summed E-state index contributed by atoms with van der Waals surface area (Å²) >= 11 is 6.39. The molecule has 2 aliphatic heterocycles. The highest BCUT2D eigenvalue weighted by molar-refractivity contribution is 7.90. The molecule has 43 heavy (non-hydrogen) atoms. The van der Waals surface area contributed by atoms with Gasteiger partial charge in [-0.15, -0.1) is 0 Å². The molecule has 2 aromatic carbocycles. The van der Waals surface area contributed by atoms with Gasteiger partial charge in [0.25, 0.3) is 5.91 Å². The average Bonchev–Trinajstić information content (AvgIpc) is 3.10. The van der Waals surface area contributed by atoms with Crippen LogP contribution in [0.4, 0.5) is 5.69 Å². The molecular formula is C34H43ClN2O5S. The molecule has 1 unspecified atom stereocenters. The predicted molar refractivity (Wildman–Crippen MR) is 170 cm³/mol. The first-order valence-electron chi connectivity index (χ1n) is 15.8. The summed E-state index contributed by atoms with van der Waals surface area (Å²) < 4.78 is 36.0. The van der Waals surface area contributed by atoms with Crippen molar-refractivity contribution < 1.29 is 23.1 Å². The molecule has 2 aliphatic carbocycles. The SMILES string of the molecule is CCC[C@H]1[C@H](C)C/C=C/C(O)[C@@H]2CC[C@H]2CN2C[C@@]3(CCCc4cc(Cl)ccc43)COc3ccc(cc32)C(=O)NS1(=O)=O. The summed E-state index contributed by atoms with van der Waals surface area (Å²) in [5, 5.41) is 11.2. The van der Waals surface area contributed by atoms with E-state index in [9.17, 15) is 18.3 Å². The minimum atomic E-state index is -3.93. The fraction of sp³-hybridized carbons (Fsp3) is 0.559. The van der Waals surface area contributed by atoms with Crippen LogP contribution in [0, 0.1) is 17.8 Å². The van der Waals surface area contributed by atoms with Gasteiger partial charge in [-0.25, -0.2) is 13.1 Å². The molecule has 1 saturated carbocycles. The number of rotatable bonds is 2. The van der Waals surface area contributed by atoms with Crippen LogP contribution in [-0.2, 0) is 21.9 Å². The van der Waals surface area contributed by atoms with Gasteiger partial charge < -0.3 is 14.7 Å². The number of allylic oxidation sites excluding steroid dienone is 1. The summed E-state index contributed by atoms with van der Waals surface area (Å²) in [6.45, 7) is 5.77. The van der Waals surface area contributed by atoms with Gasteiger partial charge >= 0.3 is 0 Å². The standard InChI is InChI=1S/C34H43ClN2O5S/c1-3-6-32-22(2)7-4-9-30(38)27-13-10-25(27)19-37-20-34(16-5-8-23-17-26(35)12-14-28(23)34)21-42-31-15-11-24(18-29(31)37)33(39)36-43(32,40)41/h4,9,11-12,14-15,17-18,22,25,27,30,32,38H,3,5-8,10,13,16,19-21H2,1-2H3,(H,36,39)/b9-4+/t22-,25+,27-,30?,32+,34+/m1/s1. The van der Waals surface area contributed by atoms with E-state index in [-0.39, 0.29) is 23.2 Å². The summed E-state index contributed by atoms with van der Waals surface area (Å²) in [6.07, 6.45) is 9.79. The van der Waals surface area contributed by atoms with Crippen molar-refractivity contribution in [3.8, 4) is 5.75 Å². The van der Waals surface area contributed by atoms with Crippen LogP contribution in [0.3, 0.4) is 0 Å². The third kappa shape index (κ3) is 5.95. The minimum absolute atomic E-state index is 0.127. The number of anilines is 1. The number of hydrogen-bond acceptors (Lipinski definition) is 6. The van der Waals surface area contributed by atoms with Gasteiger partial charge in [-0.1, -0.05) is 50.1 Å². The molecule has 7 nitrogen and oxygen atoms in total. The molecular weight excluding hydrogens is 584 g/mol. The number of amides is 1. The summed E-state index contributed by atoms with van der Waals surface area (Å²) in [5.41, 5.74) is 3.35. The first-order chi connectivity index (χ1) is 20.6. The molecule has 0 saturated heterocycles. The lowest BCUT2D eigenvalue weighted by Gasteiger charge is -2.45. The van der Waals surface area contributed by atoms with Gasteiger partial charge in [0.2, 0.25) is 10.0 Å². The molecule has 0 aromatic heterocycles. The summed E-state index contributed by atoms with van der Waals surface area (Å²) in [5.74, 6) is 0.271. The largest absolute Gasteiger partial charge is 0.490 e. The number of halogens is 1. The number of aliphatic hydroxyl groups is 1. The van der Waals surface area contributed by atoms with E-state index in [4.69, 9.17) is 16.3 Å². The molecule has 4 aliphatic rings. The van der Waals surface area contributed by atoms with E-state index in [2.05, 4.69) is 21.8 Å². The number of aryl methyl sites for hydroxylation is 1. The second-order valence-electron chi connectivity index (χ2n) is 13.2. The van der Waals surface area contributed by atoms with Crippen LogP contribution < -0.4 is 14.4 Å². The van der Waals surface area contributed by atoms with Gasteiger partial charge in [0.1, 0.15) is 5.75 Å². The lowest BCUT2D eigenvalue weighted by Crippen LogP contribution is -2.49. The van der Waals surface area contributed by atoms with Crippen LogP contribution in [-0.4, -0.2) is 50.5 Å². The molecule has 1 amide bonds. The highest BCUT2D eigenvalue weighted by Gasteiger charge is 2.44. The Kier molecular flexibility index (Phi) is 8.57. The normalized spacial score (nSPS) is 32.8. The average molecular weight is 627 g/mol. The van der Waals surface area contributed by atoms with Gasteiger partial charge in [-0.3, -0.25) is 4.79 Å². The summed E-state index contributed by atoms with van der Waals surface area (Å²) in [7, 11) is -3.93. The molecule has 0 radical (unpaired) electrons. The maximum atomic E-state index is 13.5. The number of carbonyl (C=O) groups excluding carboxylic acids is 1.